The first-order valence-electron chi connectivity index (χ1n) is 5.13. The van der Waals surface area contributed by atoms with Gasteiger partial charge in [-0.2, -0.15) is 0 Å². The number of aryl methyl sites for hydroxylation is 1. The smallest absolute Gasteiger partial charge is 0.216 e. The van der Waals surface area contributed by atoms with Crippen LogP contribution in [0.4, 0.5) is 0 Å². The lowest BCUT2D eigenvalue weighted by Gasteiger charge is -2.13. The number of carbonyl (C=O) groups is 1. The third-order valence-electron chi connectivity index (χ3n) is 2.24. The van der Waals surface area contributed by atoms with Gasteiger partial charge in [0.1, 0.15) is 0 Å². The lowest BCUT2D eigenvalue weighted by atomic mass is 10.2. The van der Waals surface area contributed by atoms with E-state index in [0.29, 0.717) is 12.6 Å². The average Bonchev–Trinajstić information content (AvgIpc) is 2.58. The summed E-state index contributed by atoms with van der Waals surface area (Å²) in [7, 11) is 0. The van der Waals surface area contributed by atoms with Crippen LogP contribution in [0.2, 0.25) is 0 Å². The van der Waals surface area contributed by atoms with E-state index in [1.807, 2.05) is 0 Å². The van der Waals surface area contributed by atoms with Crippen molar-refractivity contribution in [3.05, 3.63) is 21.9 Å². The molecule has 0 aliphatic carbocycles. The van der Waals surface area contributed by atoms with Crippen LogP contribution in [-0.2, 0) is 4.79 Å². The molecule has 1 heterocycles. The monoisotopic (exact) mass is 226 g/mol. The average molecular weight is 226 g/mol. The summed E-state index contributed by atoms with van der Waals surface area (Å²) in [6.45, 7) is 7.29. The Labute approximate surface area is 94.9 Å². The van der Waals surface area contributed by atoms with Gasteiger partial charge in [0.15, 0.2) is 0 Å². The quantitative estimate of drug-likeness (QED) is 0.752. The Morgan fingerprint density at radius 2 is 2.27 bits per heavy atom. The fourth-order valence-corrected chi connectivity index (χ4v) is 2.41. The highest BCUT2D eigenvalue weighted by atomic mass is 32.1. The van der Waals surface area contributed by atoms with E-state index in [1.165, 1.54) is 17.4 Å². The first-order valence-corrected chi connectivity index (χ1v) is 6.01. The van der Waals surface area contributed by atoms with Crippen molar-refractivity contribution < 1.29 is 4.79 Å². The third-order valence-corrected chi connectivity index (χ3v) is 3.45. The molecule has 0 saturated carbocycles. The Morgan fingerprint density at radius 1 is 1.53 bits per heavy atom. The second-order valence-corrected chi connectivity index (χ2v) is 4.57. The van der Waals surface area contributed by atoms with Crippen molar-refractivity contribution >= 4 is 17.2 Å². The highest BCUT2D eigenvalue weighted by Crippen LogP contribution is 2.22. The zero-order valence-corrected chi connectivity index (χ0v) is 10.3. The van der Waals surface area contributed by atoms with E-state index in [-0.39, 0.29) is 5.91 Å². The molecule has 0 fully saturated rings. The maximum absolute atomic E-state index is 10.6. The molecule has 1 aromatic heterocycles. The summed E-state index contributed by atoms with van der Waals surface area (Å²) in [4.78, 5) is 12.0. The van der Waals surface area contributed by atoms with E-state index >= 15 is 0 Å². The molecule has 0 spiro atoms. The molecule has 1 rings (SSSR count). The maximum atomic E-state index is 10.6. The van der Waals surface area contributed by atoms with Gasteiger partial charge in [0.2, 0.25) is 5.91 Å². The summed E-state index contributed by atoms with van der Waals surface area (Å²) in [6, 6.07) is 2.49. The van der Waals surface area contributed by atoms with Crippen LogP contribution in [0.15, 0.2) is 11.4 Å². The SMILES string of the molecule is CC(=O)NCCNC(C)c1sccc1C. The van der Waals surface area contributed by atoms with Crippen molar-refractivity contribution in [1.82, 2.24) is 10.6 Å². The molecule has 84 valence electrons. The Balaban J connectivity index is 2.28. The molecule has 15 heavy (non-hydrogen) atoms. The van der Waals surface area contributed by atoms with Crippen LogP contribution in [0.25, 0.3) is 0 Å². The van der Waals surface area contributed by atoms with Crippen molar-refractivity contribution in [2.75, 3.05) is 13.1 Å². The van der Waals surface area contributed by atoms with E-state index in [1.54, 1.807) is 11.3 Å². The standard InChI is InChI=1S/C11H18N2OS/c1-8-4-7-15-11(8)9(2)12-5-6-13-10(3)14/h4,7,9,12H,5-6H2,1-3H3,(H,13,14). The van der Waals surface area contributed by atoms with Gasteiger partial charge in [0.05, 0.1) is 0 Å². The minimum Gasteiger partial charge on any atom is -0.355 e. The van der Waals surface area contributed by atoms with Gasteiger partial charge in [-0.05, 0) is 30.9 Å². The Kier molecular flexibility index (Phi) is 4.78. The summed E-state index contributed by atoms with van der Waals surface area (Å²) < 4.78 is 0. The number of rotatable bonds is 5. The maximum Gasteiger partial charge on any atom is 0.216 e. The first kappa shape index (κ1) is 12.2. The van der Waals surface area contributed by atoms with Gasteiger partial charge in [-0.1, -0.05) is 0 Å². The number of carbonyl (C=O) groups excluding carboxylic acids is 1. The van der Waals surface area contributed by atoms with Gasteiger partial charge in [0, 0.05) is 30.9 Å². The number of hydrogen-bond acceptors (Lipinski definition) is 3. The Bertz CT molecular complexity index is 322. The molecule has 0 aliphatic heterocycles. The molecule has 1 atom stereocenters. The lowest BCUT2D eigenvalue weighted by Crippen LogP contribution is -2.31. The first-order chi connectivity index (χ1) is 7.11. The van der Waals surface area contributed by atoms with E-state index in [9.17, 15) is 4.79 Å². The third kappa shape index (κ3) is 4.01. The van der Waals surface area contributed by atoms with Crippen LogP contribution in [-0.4, -0.2) is 19.0 Å². The van der Waals surface area contributed by atoms with E-state index in [0.717, 1.165) is 6.54 Å². The number of amides is 1. The van der Waals surface area contributed by atoms with Gasteiger partial charge in [-0.25, -0.2) is 0 Å². The number of nitrogens with one attached hydrogen (secondary N) is 2. The van der Waals surface area contributed by atoms with E-state index < -0.39 is 0 Å². The molecule has 4 heteroatoms. The number of hydrogen-bond donors (Lipinski definition) is 2. The van der Waals surface area contributed by atoms with Crippen LogP contribution >= 0.6 is 11.3 Å². The molecule has 1 unspecified atom stereocenters. The molecule has 1 amide bonds. The van der Waals surface area contributed by atoms with Crippen molar-refractivity contribution in [1.29, 1.82) is 0 Å². The van der Waals surface area contributed by atoms with Crippen LogP contribution in [0.1, 0.15) is 30.3 Å². The molecular formula is C11H18N2OS. The minimum absolute atomic E-state index is 0.0248. The summed E-state index contributed by atoms with van der Waals surface area (Å²) >= 11 is 1.77. The largest absolute Gasteiger partial charge is 0.355 e. The summed E-state index contributed by atoms with van der Waals surface area (Å²) in [6.07, 6.45) is 0. The van der Waals surface area contributed by atoms with Crippen LogP contribution in [0.3, 0.4) is 0 Å². The van der Waals surface area contributed by atoms with Crippen molar-refractivity contribution in [2.45, 2.75) is 26.8 Å². The molecule has 0 radical (unpaired) electrons. The second-order valence-electron chi connectivity index (χ2n) is 3.63. The highest BCUT2D eigenvalue weighted by molar-refractivity contribution is 7.10. The van der Waals surface area contributed by atoms with Crippen LogP contribution < -0.4 is 10.6 Å². The van der Waals surface area contributed by atoms with Crippen LogP contribution in [0, 0.1) is 6.92 Å². The molecule has 0 saturated heterocycles. The summed E-state index contributed by atoms with van der Waals surface area (Å²) in [5.41, 5.74) is 1.33. The van der Waals surface area contributed by atoms with Gasteiger partial charge >= 0.3 is 0 Å². The van der Waals surface area contributed by atoms with Crippen molar-refractivity contribution in [2.24, 2.45) is 0 Å². The topological polar surface area (TPSA) is 41.1 Å². The van der Waals surface area contributed by atoms with Gasteiger partial charge < -0.3 is 10.6 Å². The number of thiophene rings is 1. The predicted octanol–water partition coefficient (Wildman–Crippen LogP) is 1.84. The van der Waals surface area contributed by atoms with E-state index in [4.69, 9.17) is 0 Å². The summed E-state index contributed by atoms with van der Waals surface area (Å²) in [5, 5.41) is 8.25. The van der Waals surface area contributed by atoms with Gasteiger partial charge in [0.25, 0.3) is 0 Å². The Morgan fingerprint density at radius 3 is 2.80 bits per heavy atom. The molecule has 2 N–H and O–H groups in total. The Hall–Kier alpha value is -0.870. The zero-order chi connectivity index (χ0) is 11.3. The van der Waals surface area contributed by atoms with Crippen molar-refractivity contribution in [3.63, 3.8) is 0 Å². The summed E-state index contributed by atoms with van der Waals surface area (Å²) in [5.74, 6) is 0.0248. The fourth-order valence-electron chi connectivity index (χ4n) is 1.45. The molecule has 1 aromatic rings. The lowest BCUT2D eigenvalue weighted by molar-refractivity contribution is -0.118. The molecule has 0 aliphatic rings. The molecule has 3 nitrogen and oxygen atoms in total. The van der Waals surface area contributed by atoms with Crippen molar-refractivity contribution in [3.8, 4) is 0 Å². The van der Waals surface area contributed by atoms with E-state index in [2.05, 4.69) is 35.9 Å². The molecule has 0 aromatic carbocycles. The normalized spacial score (nSPS) is 12.5. The van der Waals surface area contributed by atoms with Crippen LogP contribution in [0.5, 0.6) is 0 Å². The van der Waals surface area contributed by atoms with Gasteiger partial charge in [-0.3, -0.25) is 4.79 Å². The zero-order valence-electron chi connectivity index (χ0n) is 9.46. The molecular weight excluding hydrogens is 208 g/mol. The second kappa shape index (κ2) is 5.88. The molecule has 0 bridgehead atoms. The fraction of sp³-hybridized carbons (Fsp3) is 0.545. The highest BCUT2D eigenvalue weighted by Gasteiger charge is 2.08. The predicted molar refractivity (Wildman–Crippen MR) is 64.2 cm³/mol. The minimum atomic E-state index is 0.0248. The van der Waals surface area contributed by atoms with Gasteiger partial charge in [-0.15, -0.1) is 11.3 Å².